The van der Waals surface area contributed by atoms with Gasteiger partial charge in [0.25, 0.3) is 6.01 Å². The van der Waals surface area contributed by atoms with Gasteiger partial charge in [-0.2, -0.15) is 4.98 Å². The molecule has 0 amide bonds. The summed E-state index contributed by atoms with van der Waals surface area (Å²) in [5.41, 5.74) is 3.42. The number of benzene rings is 3. The minimum Gasteiger partial charge on any atom is -0.465 e. The van der Waals surface area contributed by atoms with Crippen molar-refractivity contribution >= 4 is 34.6 Å². The van der Waals surface area contributed by atoms with Crippen LogP contribution in [0.1, 0.15) is 20.7 Å². The van der Waals surface area contributed by atoms with E-state index < -0.39 is 11.9 Å². The number of aromatic amines is 1. The highest BCUT2D eigenvalue weighted by Gasteiger charge is 2.16. The van der Waals surface area contributed by atoms with Gasteiger partial charge in [-0.15, -0.1) is 0 Å². The van der Waals surface area contributed by atoms with E-state index in [-0.39, 0.29) is 22.9 Å². The van der Waals surface area contributed by atoms with Gasteiger partial charge in [0.15, 0.2) is 0 Å². The molecule has 4 rings (SSSR count). The quantitative estimate of drug-likeness (QED) is 0.430. The topological polar surface area (TPSA) is 90.5 Å². The van der Waals surface area contributed by atoms with Crippen LogP contribution in [0.25, 0.3) is 22.2 Å². The van der Waals surface area contributed by atoms with E-state index in [2.05, 4.69) is 9.97 Å². The molecule has 4 aromatic rings. The highest BCUT2D eigenvalue weighted by atomic mass is 35.5. The lowest BCUT2D eigenvalue weighted by atomic mass is 10.1. The van der Waals surface area contributed by atoms with E-state index in [4.69, 9.17) is 25.8 Å². The van der Waals surface area contributed by atoms with E-state index in [1.807, 2.05) is 36.4 Å². The molecule has 0 saturated heterocycles. The molecular formula is C23H17ClN2O5. The molecule has 0 saturated carbocycles. The molecule has 0 aliphatic rings. The number of carbonyl (C=O) groups excluding carboxylic acids is 2. The fraction of sp³-hybridized carbons (Fsp3) is 0.0870. The summed E-state index contributed by atoms with van der Waals surface area (Å²) in [7, 11) is 2.50. The number of esters is 2. The Bertz CT molecular complexity index is 1250. The molecule has 0 bridgehead atoms. The first-order valence-corrected chi connectivity index (χ1v) is 9.60. The van der Waals surface area contributed by atoms with Gasteiger partial charge in [-0.25, -0.2) is 9.59 Å². The van der Waals surface area contributed by atoms with Gasteiger partial charge >= 0.3 is 11.9 Å². The molecule has 0 aliphatic carbocycles. The largest absolute Gasteiger partial charge is 0.465 e. The molecule has 0 unspecified atom stereocenters. The van der Waals surface area contributed by atoms with Gasteiger partial charge < -0.3 is 19.2 Å². The van der Waals surface area contributed by atoms with E-state index in [0.717, 1.165) is 11.1 Å². The predicted molar refractivity (Wildman–Crippen MR) is 116 cm³/mol. The number of fused-ring (bicyclic) bond motifs is 1. The normalized spacial score (nSPS) is 10.7. The average molecular weight is 437 g/mol. The van der Waals surface area contributed by atoms with Gasteiger partial charge in [-0.05, 0) is 35.9 Å². The summed E-state index contributed by atoms with van der Waals surface area (Å²) in [6, 6.07) is 17.8. The number of methoxy groups -OCH3 is 2. The molecular weight excluding hydrogens is 420 g/mol. The van der Waals surface area contributed by atoms with Gasteiger partial charge in [0, 0.05) is 5.56 Å². The molecule has 8 heteroatoms. The van der Waals surface area contributed by atoms with E-state index in [1.54, 1.807) is 6.07 Å². The van der Waals surface area contributed by atoms with E-state index in [9.17, 15) is 9.59 Å². The Morgan fingerprint density at radius 3 is 2.16 bits per heavy atom. The molecule has 31 heavy (non-hydrogen) atoms. The molecule has 3 aromatic carbocycles. The van der Waals surface area contributed by atoms with Crippen molar-refractivity contribution in [2.45, 2.75) is 0 Å². The van der Waals surface area contributed by atoms with Crippen molar-refractivity contribution < 1.29 is 23.8 Å². The van der Waals surface area contributed by atoms with Crippen molar-refractivity contribution in [1.29, 1.82) is 0 Å². The number of hydrogen-bond donors (Lipinski definition) is 1. The van der Waals surface area contributed by atoms with Crippen molar-refractivity contribution in [2.75, 3.05) is 14.2 Å². The first-order chi connectivity index (χ1) is 15.0. The molecule has 0 fully saturated rings. The van der Waals surface area contributed by atoms with Crippen LogP contribution in [0.5, 0.6) is 11.8 Å². The summed E-state index contributed by atoms with van der Waals surface area (Å²) in [6.07, 6.45) is 0. The van der Waals surface area contributed by atoms with Crippen LogP contribution >= 0.6 is 11.6 Å². The molecule has 1 heterocycles. The number of imidazole rings is 1. The first-order valence-electron chi connectivity index (χ1n) is 9.22. The lowest BCUT2D eigenvalue weighted by molar-refractivity contribution is 0.0598. The Morgan fingerprint density at radius 2 is 1.55 bits per heavy atom. The van der Waals surface area contributed by atoms with Crippen LogP contribution in [0.3, 0.4) is 0 Å². The molecule has 0 aliphatic heterocycles. The Kier molecular flexibility index (Phi) is 5.60. The lowest BCUT2D eigenvalue weighted by Crippen LogP contribution is -2.07. The summed E-state index contributed by atoms with van der Waals surface area (Å²) >= 11 is 6.46. The summed E-state index contributed by atoms with van der Waals surface area (Å²) in [4.78, 5) is 31.4. The molecule has 1 N–H and O–H groups in total. The van der Waals surface area contributed by atoms with Gasteiger partial charge in [-0.1, -0.05) is 41.9 Å². The van der Waals surface area contributed by atoms with Gasteiger partial charge in [-0.3, -0.25) is 0 Å². The Morgan fingerprint density at radius 1 is 0.903 bits per heavy atom. The van der Waals surface area contributed by atoms with Crippen molar-refractivity contribution in [1.82, 2.24) is 9.97 Å². The second-order valence-corrected chi connectivity index (χ2v) is 7.00. The third-order valence-electron chi connectivity index (χ3n) is 4.60. The minimum absolute atomic E-state index is 0.144. The smallest absolute Gasteiger partial charge is 0.338 e. The Hall–Kier alpha value is -3.84. The zero-order valence-corrected chi connectivity index (χ0v) is 17.4. The third-order valence-corrected chi connectivity index (χ3v) is 4.91. The Labute approximate surface area is 182 Å². The number of halogens is 1. The van der Waals surface area contributed by atoms with Crippen LogP contribution in [0, 0.1) is 0 Å². The molecule has 0 atom stereocenters. The maximum Gasteiger partial charge on any atom is 0.338 e. The van der Waals surface area contributed by atoms with E-state index in [1.165, 1.54) is 32.4 Å². The zero-order chi connectivity index (χ0) is 22.0. The highest BCUT2D eigenvalue weighted by molar-refractivity contribution is 6.34. The van der Waals surface area contributed by atoms with E-state index >= 15 is 0 Å². The van der Waals surface area contributed by atoms with Crippen molar-refractivity contribution in [2.24, 2.45) is 0 Å². The van der Waals surface area contributed by atoms with Gasteiger partial charge in [0.2, 0.25) is 0 Å². The van der Waals surface area contributed by atoms with Crippen LogP contribution < -0.4 is 4.74 Å². The number of aromatic nitrogens is 2. The number of nitrogens with one attached hydrogen (secondary N) is 1. The fourth-order valence-corrected chi connectivity index (χ4v) is 3.41. The van der Waals surface area contributed by atoms with Crippen LogP contribution in [-0.4, -0.2) is 36.1 Å². The predicted octanol–water partition coefficient (Wildman–Crippen LogP) is 5.25. The van der Waals surface area contributed by atoms with Crippen LogP contribution in [-0.2, 0) is 9.47 Å². The third kappa shape index (κ3) is 4.22. The van der Waals surface area contributed by atoms with Crippen LogP contribution in [0.2, 0.25) is 5.02 Å². The first kappa shape index (κ1) is 20.4. The van der Waals surface area contributed by atoms with Crippen molar-refractivity contribution in [3.63, 3.8) is 0 Å². The number of carbonyl (C=O) groups is 2. The second kappa shape index (κ2) is 8.49. The molecule has 7 nitrogen and oxygen atoms in total. The highest BCUT2D eigenvalue weighted by Crippen LogP contribution is 2.33. The van der Waals surface area contributed by atoms with Gasteiger partial charge in [0.05, 0.1) is 41.4 Å². The van der Waals surface area contributed by atoms with Crippen molar-refractivity contribution in [3.8, 4) is 22.9 Å². The van der Waals surface area contributed by atoms with Crippen LogP contribution in [0.15, 0.2) is 60.7 Å². The van der Waals surface area contributed by atoms with Gasteiger partial charge in [0.1, 0.15) is 5.75 Å². The maximum atomic E-state index is 12.0. The summed E-state index contributed by atoms with van der Waals surface area (Å²) in [5, 5.41) is 0.564. The number of ether oxygens (including phenoxy) is 3. The van der Waals surface area contributed by atoms with E-state index in [0.29, 0.717) is 16.1 Å². The maximum absolute atomic E-state index is 12.0. The SMILES string of the molecule is COC(=O)c1cc(Oc2nc3cc(-c4ccccc4)c(Cl)cc3[nH]2)cc(C(=O)OC)c1. The summed E-state index contributed by atoms with van der Waals surface area (Å²) < 4.78 is 15.3. The number of rotatable bonds is 5. The second-order valence-electron chi connectivity index (χ2n) is 6.59. The molecule has 1 aromatic heterocycles. The minimum atomic E-state index is -0.612. The number of H-pyrrole nitrogens is 1. The van der Waals surface area contributed by atoms with Crippen LogP contribution in [0.4, 0.5) is 0 Å². The monoisotopic (exact) mass is 436 g/mol. The average Bonchev–Trinajstić information content (AvgIpc) is 3.18. The Balaban J connectivity index is 1.71. The number of hydrogen-bond acceptors (Lipinski definition) is 6. The summed E-state index contributed by atoms with van der Waals surface area (Å²) in [6.45, 7) is 0. The zero-order valence-electron chi connectivity index (χ0n) is 16.6. The number of nitrogens with zero attached hydrogens (tertiary/aromatic N) is 1. The van der Waals surface area contributed by atoms with Crippen molar-refractivity contribution in [3.05, 3.63) is 76.8 Å². The molecule has 156 valence electrons. The fourth-order valence-electron chi connectivity index (χ4n) is 3.14. The lowest BCUT2D eigenvalue weighted by Gasteiger charge is -2.07. The molecule has 0 radical (unpaired) electrons. The summed E-state index contributed by atoms with van der Waals surface area (Å²) in [5.74, 6) is -1.00. The standard InChI is InChI=1S/C23H17ClN2O5/c1-29-21(27)14-8-15(22(28)30-2)10-16(9-14)31-23-25-19-11-17(13-6-4-3-5-7-13)18(24)12-20(19)26-23/h3-12H,1-2H3,(H,25,26). The molecule has 0 spiro atoms.